The molecule has 3 aliphatic rings. The summed E-state index contributed by atoms with van der Waals surface area (Å²) in [6.07, 6.45) is 0. The molecule has 4 rings (SSSR count). The minimum absolute atomic E-state index is 1.09. The average molecular weight is 146 g/mol. The summed E-state index contributed by atoms with van der Waals surface area (Å²) in [5.41, 5.74) is 4.13. The van der Waals surface area contributed by atoms with Gasteiger partial charge in [-0.1, -0.05) is 6.07 Å². The van der Waals surface area contributed by atoms with Gasteiger partial charge in [-0.2, -0.15) is 0 Å². The maximum atomic E-state index is 3.39. The molecule has 0 aliphatic carbocycles. The lowest BCUT2D eigenvalue weighted by Crippen LogP contribution is -2.36. The minimum atomic E-state index is 1.09. The van der Waals surface area contributed by atoms with Gasteiger partial charge in [0, 0.05) is 19.6 Å². The first-order valence-electron chi connectivity index (χ1n) is 4.05. The lowest BCUT2D eigenvalue weighted by molar-refractivity contribution is 0.766. The Morgan fingerprint density at radius 3 is 3.09 bits per heavy atom. The number of nitrogens with one attached hydrogen (secondary N) is 1. The van der Waals surface area contributed by atoms with Gasteiger partial charge < -0.3 is 10.2 Å². The number of nitrogens with zero attached hydrogens (tertiary/aromatic N) is 1. The van der Waals surface area contributed by atoms with Crippen LogP contribution in [0.2, 0.25) is 0 Å². The maximum absolute atomic E-state index is 3.39. The molecular formula is C9H10N2. The second kappa shape index (κ2) is 1.70. The van der Waals surface area contributed by atoms with Crippen LogP contribution in [0.4, 0.5) is 11.4 Å². The van der Waals surface area contributed by atoms with Crippen molar-refractivity contribution in [1.82, 2.24) is 0 Å². The van der Waals surface area contributed by atoms with Crippen molar-refractivity contribution >= 4 is 11.4 Å². The van der Waals surface area contributed by atoms with Gasteiger partial charge in [-0.25, -0.2) is 0 Å². The van der Waals surface area contributed by atoms with E-state index in [0.29, 0.717) is 0 Å². The second-order valence-corrected chi connectivity index (χ2v) is 3.20. The van der Waals surface area contributed by atoms with Crippen molar-refractivity contribution in [3.8, 4) is 0 Å². The Kier molecular flexibility index (Phi) is 0.844. The van der Waals surface area contributed by atoms with Crippen LogP contribution in [-0.4, -0.2) is 13.1 Å². The Morgan fingerprint density at radius 2 is 2.36 bits per heavy atom. The maximum Gasteiger partial charge on any atom is 0.0605 e. The Labute approximate surface area is 65.8 Å². The molecule has 1 aromatic rings. The van der Waals surface area contributed by atoms with E-state index in [4.69, 9.17) is 0 Å². The lowest BCUT2D eigenvalue weighted by atomic mass is 10.0. The smallest absolute Gasteiger partial charge is 0.0605 e. The molecule has 11 heavy (non-hydrogen) atoms. The number of anilines is 2. The molecule has 0 saturated carbocycles. The third-order valence-electron chi connectivity index (χ3n) is 2.47. The van der Waals surface area contributed by atoms with Crippen LogP contribution in [0.15, 0.2) is 18.2 Å². The van der Waals surface area contributed by atoms with Crippen LogP contribution in [0.5, 0.6) is 0 Å². The Balaban J connectivity index is 2.28. The fraction of sp³-hybridized carbons (Fsp3) is 0.333. The third kappa shape index (κ3) is 0.615. The molecule has 0 unspecified atom stereocenters. The number of hydrogen-bond acceptors (Lipinski definition) is 2. The van der Waals surface area contributed by atoms with Gasteiger partial charge in [-0.05, 0) is 17.7 Å². The van der Waals surface area contributed by atoms with Crippen LogP contribution in [0.1, 0.15) is 5.56 Å². The molecular weight excluding hydrogens is 136 g/mol. The molecule has 4 bridgehead atoms. The highest BCUT2D eigenvalue weighted by Crippen LogP contribution is 2.35. The van der Waals surface area contributed by atoms with E-state index in [2.05, 4.69) is 28.4 Å². The van der Waals surface area contributed by atoms with E-state index in [0.717, 1.165) is 19.6 Å². The van der Waals surface area contributed by atoms with Gasteiger partial charge in [-0.3, -0.25) is 0 Å². The van der Waals surface area contributed by atoms with Crippen LogP contribution in [0, 0.1) is 0 Å². The number of benzene rings is 1. The summed E-state index contributed by atoms with van der Waals surface area (Å²) in [7, 11) is 0. The fourth-order valence-corrected chi connectivity index (χ4v) is 1.93. The molecule has 0 amide bonds. The van der Waals surface area contributed by atoms with Crippen molar-refractivity contribution in [1.29, 1.82) is 0 Å². The SMILES string of the molecule is c1cc2c3cc1CN2CCN3. The summed E-state index contributed by atoms with van der Waals surface area (Å²) >= 11 is 0. The van der Waals surface area contributed by atoms with Gasteiger partial charge in [0.2, 0.25) is 0 Å². The van der Waals surface area contributed by atoms with Crippen LogP contribution < -0.4 is 10.2 Å². The molecule has 1 N–H and O–H groups in total. The first kappa shape index (κ1) is 5.47. The van der Waals surface area contributed by atoms with Crippen molar-refractivity contribution in [3.63, 3.8) is 0 Å². The predicted octanol–water partition coefficient (Wildman–Crippen LogP) is 1.43. The van der Waals surface area contributed by atoms with Crippen LogP contribution >= 0.6 is 0 Å². The number of rotatable bonds is 0. The Hall–Kier alpha value is -1.18. The Bertz CT molecular complexity index is 306. The van der Waals surface area contributed by atoms with Gasteiger partial charge >= 0.3 is 0 Å². The molecule has 0 radical (unpaired) electrons. The number of hydrogen-bond donors (Lipinski definition) is 1. The second-order valence-electron chi connectivity index (χ2n) is 3.20. The summed E-state index contributed by atoms with van der Waals surface area (Å²) in [6, 6.07) is 6.67. The zero-order valence-corrected chi connectivity index (χ0v) is 6.30. The molecule has 56 valence electrons. The molecule has 3 heterocycles. The lowest BCUT2D eigenvalue weighted by Gasteiger charge is -2.36. The zero-order valence-electron chi connectivity index (χ0n) is 6.30. The third-order valence-corrected chi connectivity index (χ3v) is 2.47. The quantitative estimate of drug-likeness (QED) is 0.595. The van der Waals surface area contributed by atoms with Crippen molar-refractivity contribution in [2.45, 2.75) is 6.54 Å². The predicted molar refractivity (Wildman–Crippen MR) is 46.0 cm³/mol. The van der Waals surface area contributed by atoms with E-state index in [1.165, 1.54) is 16.9 Å². The summed E-state index contributed by atoms with van der Waals surface area (Å²) in [4.78, 5) is 2.43. The highest BCUT2D eigenvalue weighted by atomic mass is 15.2. The number of fused-ring (bicyclic) bond motifs is 1. The van der Waals surface area contributed by atoms with Gasteiger partial charge in [0.15, 0.2) is 0 Å². The van der Waals surface area contributed by atoms with Gasteiger partial charge in [-0.15, -0.1) is 0 Å². The normalized spacial score (nSPS) is 18.4. The molecule has 0 aromatic heterocycles. The fourth-order valence-electron chi connectivity index (χ4n) is 1.93. The first-order valence-corrected chi connectivity index (χ1v) is 4.05. The highest BCUT2D eigenvalue weighted by molar-refractivity contribution is 5.75. The van der Waals surface area contributed by atoms with E-state index in [1.54, 1.807) is 0 Å². The summed E-state index contributed by atoms with van der Waals surface area (Å²) in [5.74, 6) is 0. The van der Waals surface area contributed by atoms with Gasteiger partial charge in [0.05, 0.1) is 11.4 Å². The largest absolute Gasteiger partial charge is 0.382 e. The highest BCUT2D eigenvalue weighted by Gasteiger charge is 2.21. The molecule has 0 fully saturated rings. The van der Waals surface area contributed by atoms with E-state index in [9.17, 15) is 0 Å². The van der Waals surface area contributed by atoms with Crippen LogP contribution in [0.3, 0.4) is 0 Å². The summed E-state index contributed by atoms with van der Waals surface area (Å²) in [5, 5.41) is 3.39. The van der Waals surface area contributed by atoms with E-state index in [-0.39, 0.29) is 0 Å². The van der Waals surface area contributed by atoms with E-state index < -0.39 is 0 Å². The molecule has 1 aromatic carbocycles. The monoisotopic (exact) mass is 146 g/mol. The van der Waals surface area contributed by atoms with Crippen LogP contribution in [0.25, 0.3) is 0 Å². The Morgan fingerprint density at radius 1 is 1.36 bits per heavy atom. The summed E-state index contributed by atoms with van der Waals surface area (Å²) < 4.78 is 0. The van der Waals surface area contributed by atoms with Crippen LogP contribution in [-0.2, 0) is 6.54 Å². The standard InChI is InChI=1S/C9H10N2/c1-2-9-8-5-7(1)6-11(9)4-3-10-8/h1-2,5,10H,3-4,6H2. The van der Waals surface area contributed by atoms with Gasteiger partial charge in [0.1, 0.15) is 0 Å². The molecule has 0 atom stereocenters. The van der Waals surface area contributed by atoms with Crippen molar-refractivity contribution in [3.05, 3.63) is 23.8 Å². The minimum Gasteiger partial charge on any atom is -0.382 e. The molecule has 0 saturated heterocycles. The zero-order chi connectivity index (χ0) is 7.26. The van der Waals surface area contributed by atoms with E-state index >= 15 is 0 Å². The molecule has 0 spiro atoms. The molecule has 2 heteroatoms. The van der Waals surface area contributed by atoms with Crippen molar-refractivity contribution < 1.29 is 0 Å². The average Bonchev–Trinajstić information content (AvgIpc) is 2.05. The van der Waals surface area contributed by atoms with Gasteiger partial charge in [0.25, 0.3) is 0 Å². The summed E-state index contributed by atoms with van der Waals surface area (Å²) in [6.45, 7) is 3.37. The molecule has 2 nitrogen and oxygen atoms in total. The first-order chi connectivity index (χ1) is 5.43. The van der Waals surface area contributed by atoms with E-state index in [1.807, 2.05) is 0 Å². The molecule has 3 aliphatic heterocycles. The van der Waals surface area contributed by atoms with Crippen molar-refractivity contribution in [2.24, 2.45) is 0 Å². The van der Waals surface area contributed by atoms with Crippen molar-refractivity contribution in [2.75, 3.05) is 23.3 Å². The topological polar surface area (TPSA) is 15.3 Å².